The van der Waals surface area contributed by atoms with E-state index in [2.05, 4.69) is 32.0 Å². The average Bonchev–Trinajstić information content (AvgIpc) is 2.83. The summed E-state index contributed by atoms with van der Waals surface area (Å²) in [5.41, 5.74) is 9.59. The van der Waals surface area contributed by atoms with Gasteiger partial charge in [-0.3, -0.25) is 0 Å². The Hall–Kier alpha value is -3.95. The summed E-state index contributed by atoms with van der Waals surface area (Å²) in [4.78, 5) is 12.6. The van der Waals surface area contributed by atoms with Crippen molar-refractivity contribution in [1.29, 1.82) is 5.26 Å². The third-order valence-corrected chi connectivity index (χ3v) is 6.02. The lowest BCUT2D eigenvalue weighted by atomic mass is 9.83. The molecular formula is C27H23ClN2O4. The third kappa shape index (κ3) is 4.43. The number of hydrogen-bond donors (Lipinski definition) is 1. The van der Waals surface area contributed by atoms with Crippen LogP contribution < -0.4 is 19.9 Å². The number of ether oxygens (including phenoxy) is 3. The maximum atomic E-state index is 12.6. The zero-order chi connectivity index (χ0) is 24.4. The van der Waals surface area contributed by atoms with Crippen molar-refractivity contribution in [2.24, 2.45) is 5.73 Å². The Bertz CT molecular complexity index is 1320. The Labute approximate surface area is 203 Å². The highest BCUT2D eigenvalue weighted by Gasteiger charge is 2.31. The molecule has 6 nitrogen and oxygen atoms in total. The number of rotatable bonds is 5. The number of hydrogen-bond acceptors (Lipinski definition) is 6. The molecular weight excluding hydrogens is 452 g/mol. The fraction of sp³-hybridized carbons (Fsp3) is 0.185. The molecule has 0 fully saturated rings. The summed E-state index contributed by atoms with van der Waals surface area (Å²) in [6, 6.07) is 20.0. The van der Waals surface area contributed by atoms with Crippen LogP contribution in [0.1, 0.15) is 52.7 Å². The van der Waals surface area contributed by atoms with Gasteiger partial charge >= 0.3 is 5.97 Å². The van der Waals surface area contributed by atoms with Gasteiger partial charge in [-0.25, -0.2) is 4.79 Å². The number of allylic oxidation sites excluding steroid dienone is 1. The van der Waals surface area contributed by atoms with Crippen molar-refractivity contribution in [3.8, 4) is 23.3 Å². The summed E-state index contributed by atoms with van der Waals surface area (Å²) >= 11 is 6.12. The van der Waals surface area contributed by atoms with E-state index in [1.807, 2.05) is 12.1 Å². The van der Waals surface area contributed by atoms with Crippen molar-refractivity contribution in [2.75, 3.05) is 7.11 Å². The molecule has 7 heteroatoms. The van der Waals surface area contributed by atoms with E-state index in [0.29, 0.717) is 28.0 Å². The van der Waals surface area contributed by atoms with Crippen LogP contribution >= 0.6 is 11.6 Å². The third-order valence-electron chi connectivity index (χ3n) is 5.73. The Morgan fingerprint density at radius 2 is 1.85 bits per heavy atom. The van der Waals surface area contributed by atoms with Crippen LogP contribution in [-0.2, 0) is 0 Å². The van der Waals surface area contributed by atoms with E-state index >= 15 is 0 Å². The van der Waals surface area contributed by atoms with Crippen LogP contribution in [-0.4, -0.2) is 13.1 Å². The summed E-state index contributed by atoms with van der Waals surface area (Å²) in [5, 5.41) is 10.1. The number of nitriles is 1. The molecule has 0 spiro atoms. The predicted molar refractivity (Wildman–Crippen MR) is 129 cm³/mol. The summed E-state index contributed by atoms with van der Waals surface area (Å²) < 4.78 is 16.4. The minimum Gasteiger partial charge on any atom is -0.495 e. The highest BCUT2D eigenvalue weighted by atomic mass is 35.5. The Kier molecular flexibility index (Phi) is 6.49. The van der Waals surface area contributed by atoms with Crippen LogP contribution in [0.3, 0.4) is 0 Å². The summed E-state index contributed by atoms with van der Waals surface area (Å²) in [6.07, 6.45) is 0. The summed E-state index contributed by atoms with van der Waals surface area (Å²) in [6.45, 7) is 4.25. The minimum atomic E-state index is -0.581. The van der Waals surface area contributed by atoms with Gasteiger partial charge in [0, 0.05) is 11.6 Å². The lowest BCUT2D eigenvalue weighted by molar-refractivity contribution is 0.0734. The number of benzene rings is 3. The molecule has 1 unspecified atom stereocenters. The number of carbonyl (C=O) groups is 1. The number of nitrogens with zero attached hydrogens (tertiary/aromatic N) is 1. The van der Waals surface area contributed by atoms with Gasteiger partial charge in [0.1, 0.15) is 28.9 Å². The smallest absolute Gasteiger partial charge is 0.343 e. The van der Waals surface area contributed by atoms with Crippen molar-refractivity contribution in [2.45, 2.75) is 25.7 Å². The molecule has 2 N–H and O–H groups in total. The molecule has 34 heavy (non-hydrogen) atoms. The van der Waals surface area contributed by atoms with E-state index in [1.165, 1.54) is 18.7 Å². The van der Waals surface area contributed by atoms with Crippen LogP contribution in [0.15, 0.2) is 72.1 Å². The van der Waals surface area contributed by atoms with Crippen molar-refractivity contribution in [1.82, 2.24) is 0 Å². The zero-order valence-electron chi connectivity index (χ0n) is 19.0. The van der Waals surface area contributed by atoms with Crippen LogP contribution in [0.5, 0.6) is 17.2 Å². The van der Waals surface area contributed by atoms with Gasteiger partial charge in [0.15, 0.2) is 0 Å². The molecule has 0 aromatic heterocycles. The number of halogens is 1. The molecule has 3 aromatic carbocycles. The SMILES string of the molecule is COc1ccc(C(=O)Oc2ccc3c(c2)OC(N)=C(C#N)C3c2ccc(C(C)C)cc2)cc1Cl. The lowest BCUT2D eigenvalue weighted by Gasteiger charge is -2.27. The van der Waals surface area contributed by atoms with E-state index in [0.717, 1.165) is 11.1 Å². The first-order chi connectivity index (χ1) is 16.3. The molecule has 1 atom stereocenters. The van der Waals surface area contributed by atoms with Gasteiger partial charge in [-0.1, -0.05) is 55.8 Å². The minimum absolute atomic E-state index is 0.0262. The van der Waals surface area contributed by atoms with Crippen molar-refractivity contribution in [3.63, 3.8) is 0 Å². The molecule has 1 aliphatic heterocycles. The van der Waals surface area contributed by atoms with E-state index in [9.17, 15) is 10.1 Å². The summed E-state index contributed by atoms with van der Waals surface area (Å²) in [7, 11) is 1.50. The molecule has 0 saturated carbocycles. The van der Waals surface area contributed by atoms with Gasteiger partial charge < -0.3 is 19.9 Å². The Morgan fingerprint density at radius 1 is 1.12 bits per heavy atom. The van der Waals surface area contributed by atoms with Crippen LogP contribution in [0.25, 0.3) is 0 Å². The lowest BCUT2D eigenvalue weighted by Crippen LogP contribution is -2.21. The van der Waals surface area contributed by atoms with Crippen molar-refractivity contribution in [3.05, 3.63) is 99.4 Å². The molecule has 172 valence electrons. The van der Waals surface area contributed by atoms with Crippen molar-refractivity contribution >= 4 is 17.6 Å². The maximum Gasteiger partial charge on any atom is 0.343 e. The Balaban J connectivity index is 1.65. The highest BCUT2D eigenvalue weighted by Crippen LogP contribution is 2.43. The van der Waals surface area contributed by atoms with Gasteiger partial charge in [-0.05, 0) is 41.3 Å². The molecule has 3 aromatic rings. The van der Waals surface area contributed by atoms with E-state index in [1.54, 1.807) is 30.3 Å². The van der Waals surface area contributed by atoms with Gasteiger partial charge in [-0.2, -0.15) is 5.26 Å². The van der Waals surface area contributed by atoms with Gasteiger partial charge in [0.2, 0.25) is 5.88 Å². The Morgan fingerprint density at radius 3 is 2.47 bits per heavy atom. The standard InChI is InChI=1S/C27H23ClN2O4/c1-15(2)16-4-6-17(7-5-16)25-20-10-9-19(13-24(20)34-26(30)21(25)14-29)33-27(31)18-8-11-23(32-3)22(28)12-18/h4-13,15,25H,30H2,1-3H3. The molecule has 0 aliphatic carbocycles. The van der Waals surface area contributed by atoms with Crippen LogP contribution in [0.4, 0.5) is 0 Å². The zero-order valence-corrected chi connectivity index (χ0v) is 19.7. The molecule has 0 bridgehead atoms. The van der Waals surface area contributed by atoms with Crippen molar-refractivity contribution < 1.29 is 19.0 Å². The fourth-order valence-electron chi connectivity index (χ4n) is 3.87. The molecule has 0 amide bonds. The first-order valence-electron chi connectivity index (χ1n) is 10.7. The predicted octanol–water partition coefficient (Wildman–Crippen LogP) is 5.91. The second kappa shape index (κ2) is 9.50. The molecule has 0 saturated heterocycles. The van der Waals surface area contributed by atoms with E-state index in [-0.39, 0.29) is 23.1 Å². The number of nitrogens with two attached hydrogens (primary N) is 1. The number of carbonyl (C=O) groups excluding carboxylic acids is 1. The maximum absolute atomic E-state index is 12.6. The van der Waals surface area contributed by atoms with Gasteiger partial charge in [0.25, 0.3) is 0 Å². The van der Waals surface area contributed by atoms with Gasteiger partial charge in [0.05, 0.1) is 23.6 Å². The monoisotopic (exact) mass is 474 g/mol. The van der Waals surface area contributed by atoms with Crippen LogP contribution in [0.2, 0.25) is 5.02 Å². The molecule has 1 heterocycles. The first-order valence-corrected chi connectivity index (χ1v) is 11.1. The number of methoxy groups -OCH3 is 1. The molecule has 1 aliphatic rings. The topological polar surface area (TPSA) is 94.6 Å². The fourth-order valence-corrected chi connectivity index (χ4v) is 4.13. The van der Waals surface area contributed by atoms with E-state index < -0.39 is 5.97 Å². The second-order valence-electron chi connectivity index (χ2n) is 8.18. The van der Waals surface area contributed by atoms with Gasteiger partial charge in [-0.15, -0.1) is 0 Å². The molecule has 4 rings (SSSR count). The second-order valence-corrected chi connectivity index (χ2v) is 8.59. The van der Waals surface area contributed by atoms with E-state index in [4.69, 9.17) is 31.5 Å². The number of fused-ring (bicyclic) bond motifs is 1. The number of esters is 1. The first kappa shape index (κ1) is 23.2. The quantitative estimate of drug-likeness (QED) is 0.365. The highest BCUT2D eigenvalue weighted by molar-refractivity contribution is 6.32. The average molecular weight is 475 g/mol. The summed E-state index contributed by atoms with van der Waals surface area (Å²) in [5.74, 6) is 0.611. The van der Waals surface area contributed by atoms with Crippen LogP contribution in [0, 0.1) is 11.3 Å². The molecule has 0 radical (unpaired) electrons. The normalized spacial score (nSPS) is 14.8. The largest absolute Gasteiger partial charge is 0.495 e.